The van der Waals surface area contributed by atoms with E-state index in [1.165, 1.54) is 5.57 Å². The van der Waals surface area contributed by atoms with Gasteiger partial charge >= 0.3 is 0 Å². The molecule has 90 valence electrons. The summed E-state index contributed by atoms with van der Waals surface area (Å²) in [5, 5.41) is 0. The molecule has 1 aromatic carbocycles. The monoisotopic (exact) mass is 230 g/mol. The van der Waals surface area contributed by atoms with E-state index < -0.39 is 0 Å². The predicted octanol–water partition coefficient (Wildman–Crippen LogP) is 3.55. The number of rotatable bonds is 3. The fraction of sp³-hybridized carbons (Fsp3) is 0.400. The van der Waals surface area contributed by atoms with Gasteiger partial charge in [-0.05, 0) is 56.5 Å². The number of benzene rings is 1. The summed E-state index contributed by atoms with van der Waals surface area (Å²) in [6.45, 7) is 4.69. The second-order valence-electron chi connectivity index (χ2n) is 4.69. The van der Waals surface area contributed by atoms with E-state index in [0.29, 0.717) is 13.0 Å². The topological polar surface area (TPSA) is 26.3 Å². The molecule has 0 radical (unpaired) electrons. The maximum absolute atomic E-state index is 11.6. The van der Waals surface area contributed by atoms with Gasteiger partial charge < -0.3 is 4.74 Å². The van der Waals surface area contributed by atoms with Gasteiger partial charge in [0.25, 0.3) is 0 Å². The molecule has 2 nitrogen and oxygen atoms in total. The summed E-state index contributed by atoms with van der Waals surface area (Å²) in [6.07, 6.45) is 4.68. The highest BCUT2D eigenvalue weighted by Gasteiger charge is 2.17. The molecule has 0 aromatic heterocycles. The van der Waals surface area contributed by atoms with Gasteiger partial charge in [0.05, 0.1) is 0 Å². The lowest BCUT2D eigenvalue weighted by molar-refractivity contribution is 0.0972. The lowest BCUT2D eigenvalue weighted by atomic mass is 9.91. The Morgan fingerprint density at radius 2 is 2.18 bits per heavy atom. The van der Waals surface area contributed by atoms with Crippen LogP contribution in [0.3, 0.4) is 0 Å². The Kier molecular flexibility index (Phi) is 3.62. The highest BCUT2D eigenvalue weighted by Crippen LogP contribution is 2.25. The maximum Gasteiger partial charge on any atom is 0.163 e. The summed E-state index contributed by atoms with van der Waals surface area (Å²) in [6, 6.07) is 5.79. The third-order valence-corrected chi connectivity index (χ3v) is 2.97. The van der Waals surface area contributed by atoms with Crippen LogP contribution in [0.4, 0.5) is 0 Å². The van der Waals surface area contributed by atoms with Gasteiger partial charge in [-0.15, -0.1) is 0 Å². The van der Waals surface area contributed by atoms with Crippen LogP contribution in [0.15, 0.2) is 29.8 Å². The molecular weight excluding hydrogens is 212 g/mol. The minimum absolute atomic E-state index is 0.266. The summed E-state index contributed by atoms with van der Waals surface area (Å²) < 4.78 is 5.63. The molecule has 17 heavy (non-hydrogen) atoms. The van der Waals surface area contributed by atoms with Gasteiger partial charge in [-0.2, -0.15) is 0 Å². The lowest BCUT2D eigenvalue weighted by Crippen LogP contribution is -2.10. The molecule has 0 unspecified atom stereocenters. The Labute approximate surface area is 102 Å². The molecule has 2 rings (SSSR count). The normalized spacial score (nSPS) is 14.1. The van der Waals surface area contributed by atoms with Crippen LogP contribution in [-0.4, -0.2) is 12.4 Å². The summed E-state index contributed by atoms with van der Waals surface area (Å²) in [5.74, 6) is 1.12. The van der Waals surface area contributed by atoms with Gasteiger partial charge in [0.15, 0.2) is 5.78 Å². The Hall–Kier alpha value is -1.57. The zero-order chi connectivity index (χ0) is 12.3. The highest BCUT2D eigenvalue weighted by atomic mass is 16.5. The summed E-state index contributed by atoms with van der Waals surface area (Å²) in [5.41, 5.74) is 3.26. The van der Waals surface area contributed by atoms with Gasteiger partial charge in [0.1, 0.15) is 12.4 Å². The van der Waals surface area contributed by atoms with Crippen LogP contribution < -0.4 is 4.74 Å². The number of hydrogen-bond donors (Lipinski definition) is 0. The average molecular weight is 230 g/mol. The van der Waals surface area contributed by atoms with Crippen molar-refractivity contribution < 1.29 is 9.53 Å². The first kappa shape index (κ1) is 11.9. The number of carbonyl (C=O) groups excluding carboxylic acids is 1. The average Bonchev–Trinajstić information content (AvgIpc) is 2.29. The summed E-state index contributed by atoms with van der Waals surface area (Å²) in [4.78, 5) is 11.6. The molecule has 0 amide bonds. The van der Waals surface area contributed by atoms with Crippen molar-refractivity contribution in [1.29, 1.82) is 0 Å². The number of allylic oxidation sites excluding steroid dienone is 1. The molecule has 2 heteroatoms. The third-order valence-electron chi connectivity index (χ3n) is 2.97. The van der Waals surface area contributed by atoms with Crippen molar-refractivity contribution in [3.8, 4) is 5.75 Å². The molecular formula is C15H18O2. The number of carbonyl (C=O) groups is 1. The summed E-state index contributed by atoms with van der Waals surface area (Å²) >= 11 is 0. The molecule has 1 aliphatic carbocycles. The fourth-order valence-electron chi connectivity index (χ4n) is 2.02. The van der Waals surface area contributed by atoms with E-state index in [1.54, 1.807) is 0 Å². The number of hydrogen-bond acceptors (Lipinski definition) is 2. The highest BCUT2D eigenvalue weighted by molar-refractivity contribution is 5.98. The van der Waals surface area contributed by atoms with E-state index in [9.17, 15) is 4.79 Å². The SMILES string of the molecule is CC(C)=CCOc1ccc2c(c1)CCCC2=O. The van der Waals surface area contributed by atoms with E-state index in [-0.39, 0.29) is 5.78 Å². The molecule has 1 aromatic rings. The van der Waals surface area contributed by atoms with Crippen molar-refractivity contribution in [3.05, 3.63) is 41.0 Å². The molecule has 0 saturated carbocycles. The number of Topliss-reactive ketones (excluding diaryl/α,β-unsaturated/α-hetero) is 1. The smallest absolute Gasteiger partial charge is 0.163 e. The molecule has 0 heterocycles. The third kappa shape index (κ3) is 2.96. The first-order chi connectivity index (χ1) is 8.16. The maximum atomic E-state index is 11.6. The molecule has 0 fully saturated rings. The van der Waals surface area contributed by atoms with E-state index in [0.717, 1.165) is 29.7 Å². The van der Waals surface area contributed by atoms with E-state index in [2.05, 4.69) is 13.8 Å². The molecule has 0 saturated heterocycles. The van der Waals surface area contributed by atoms with Crippen molar-refractivity contribution in [3.63, 3.8) is 0 Å². The number of aryl methyl sites for hydroxylation is 1. The molecule has 0 bridgehead atoms. The van der Waals surface area contributed by atoms with Gasteiger partial charge in [-0.25, -0.2) is 0 Å². The molecule has 0 spiro atoms. The second kappa shape index (κ2) is 5.17. The van der Waals surface area contributed by atoms with Crippen LogP contribution in [0.2, 0.25) is 0 Å². The van der Waals surface area contributed by atoms with Crippen LogP contribution in [0.25, 0.3) is 0 Å². The van der Waals surface area contributed by atoms with Gasteiger partial charge in [-0.3, -0.25) is 4.79 Å². The van der Waals surface area contributed by atoms with Gasteiger partial charge in [-0.1, -0.05) is 5.57 Å². The first-order valence-corrected chi connectivity index (χ1v) is 6.09. The van der Waals surface area contributed by atoms with Crippen molar-refractivity contribution in [1.82, 2.24) is 0 Å². The molecule has 0 atom stereocenters. The van der Waals surface area contributed by atoms with E-state index in [1.807, 2.05) is 24.3 Å². The lowest BCUT2D eigenvalue weighted by Gasteiger charge is -2.15. The zero-order valence-corrected chi connectivity index (χ0v) is 10.5. The Morgan fingerprint density at radius 3 is 2.94 bits per heavy atom. The van der Waals surface area contributed by atoms with Crippen LogP contribution in [0, 0.1) is 0 Å². The zero-order valence-electron chi connectivity index (χ0n) is 10.5. The number of ketones is 1. The molecule has 0 N–H and O–H groups in total. The Bertz CT molecular complexity index is 454. The van der Waals surface area contributed by atoms with Gasteiger partial charge in [0, 0.05) is 12.0 Å². The van der Waals surface area contributed by atoms with Crippen LogP contribution in [-0.2, 0) is 6.42 Å². The molecule has 0 aliphatic heterocycles. The van der Waals surface area contributed by atoms with Crippen molar-refractivity contribution in [2.24, 2.45) is 0 Å². The number of ether oxygens (including phenoxy) is 1. The van der Waals surface area contributed by atoms with Crippen molar-refractivity contribution >= 4 is 5.78 Å². The second-order valence-corrected chi connectivity index (χ2v) is 4.69. The van der Waals surface area contributed by atoms with Crippen molar-refractivity contribution in [2.75, 3.05) is 6.61 Å². The van der Waals surface area contributed by atoms with E-state index >= 15 is 0 Å². The van der Waals surface area contributed by atoms with Crippen LogP contribution >= 0.6 is 0 Å². The minimum atomic E-state index is 0.266. The fourth-order valence-corrected chi connectivity index (χ4v) is 2.02. The quantitative estimate of drug-likeness (QED) is 0.742. The van der Waals surface area contributed by atoms with Crippen molar-refractivity contribution in [2.45, 2.75) is 33.1 Å². The minimum Gasteiger partial charge on any atom is -0.490 e. The van der Waals surface area contributed by atoms with Crippen LogP contribution in [0.1, 0.15) is 42.6 Å². The van der Waals surface area contributed by atoms with E-state index in [4.69, 9.17) is 4.74 Å². The standard InChI is InChI=1S/C15H18O2/c1-11(2)8-9-17-13-6-7-14-12(10-13)4-3-5-15(14)16/h6-8,10H,3-5,9H2,1-2H3. The number of fused-ring (bicyclic) bond motifs is 1. The first-order valence-electron chi connectivity index (χ1n) is 6.09. The van der Waals surface area contributed by atoms with Gasteiger partial charge in [0.2, 0.25) is 0 Å². The Balaban J connectivity index is 2.11. The Morgan fingerprint density at radius 1 is 1.35 bits per heavy atom. The predicted molar refractivity (Wildman–Crippen MR) is 68.6 cm³/mol. The summed E-state index contributed by atoms with van der Waals surface area (Å²) in [7, 11) is 0. The molecule has 1 aliphatic rings. The largest absolute Gasteiger partial charge is 0.490 e. The van der Waals surface area contributed by atoms with Crippen LogP contribution in [0.5, 0.6) is 5.75 Å².